The predicted molar refractivity (Wildman–Crippen MR) is 78.1 cm³/mol. The number of benzene rings is 1. The van der Waals surface area contributed by atoms with Crippen molar-refractivity contribution in [3.8, 4) is 0 Å². The summed E-state index contributed by atoms with van der Waals surface area (Å²) >= 11 is 0. The number of carboxylic acid groups (broad SMARTS) is 1. The molecule has 0 amide bonds. The summed E-state index contributed by atoms with van der Waals surface area (Å²) in [5.41, 5.74) is 0.609. The van der Waals surface area contributed by atoms with Crippen LogP contribution in [0.5, 0.6) is 0 Å². The van der Waals surface area contributed by atoms with Crippen LogP contribution in [-0.4, -0.2) is 16.9 Å². The van der Waals surface area contributed by atoms with Gasteiger partial charge in [0.25, 0.3) is 0 Å². The lowest BCUT2D eigenvalue weighted by Gasteiger charge is -2.39. The average molecular weight is 274 g/mol. The van der Waals surface area contributed by atoms with Gasteiger partial charge < -0.3 is 5.11 Å². The molecular formula is C17H22O3. The summed E-state index contributed by atoms with van der Waals surface area (Å²) < 4.78 is 0. The third-order valence-electron chi connectivity index (χ3n) is 4.70. The molecule has 2 rings (SSSR count). The Morgan fingerprint density at radius 2 is 1.50 bits per heavy atom. The van der Waals surface area contributed by atoms with Gasteiger partial charge in [-0.1, -0.05) is 45.2 Å². The van der Waals surface area contributed by atoms with E-state index >= 15 is 0 Å². The third kappa shape index (κ3) is 2.62. The Bertz CT molecular complexity index is 493. The van der Waals surface area contributed by atoms with Gasteiger partial charge in [0.15, 0.2) is 5.78 Å². The number of carbonyl (C=O) groups excluding carboxylic acids is 1. The number of ketones is 1. The highest BCUT2D eigenvalue weighted by Crippen LogP contribution is 2.44. The monoisotopic (exact) mass is 274 g/mol. The largest absolute Gasteiger partial charge is 0.478 e. The van der Waals surface area contributed by atoms with Crippen molar-refractivity contribution in [1.82, 2.24) is 0 Å². The van der Waals surface area contributed by atoms with Crippen molar-refractivity contribution in [2.75, 3.05) is 0 Å². The van der Waals surface area contributed by atoms with E-state index < -0.39 is 5.97 Å². The molecule has 1 aliphatic rings. The lowest BCUT2D eigenvalue weighted by Crippen LogP contribution is -2.38. The highest BCUT2D eigenvalue weighted by atomic mass is 16.4. The van der Waals surface area contributed by atoms with Crippen molar-refractivity contribution in [2.45, 2.75) is 46.0 Å². The van der Waals surface area contributed by atoms with E-state index in [1.807, 2.05) is 0 Å². The summed E-state index contributed by atoms with van der Waals surface area (Å²) in [5, 5.41) is 8.92. The Hall–Kier alpha value is -1.64. The molecule has 1 saturated carbocycles. The first kappa shape index (κ1) is 14.8. The molecule has 1 aromatic carbocycles. The minimum atomic E-state index is -0.958. The number of carboxylic acids is 1. The van der Waals surface area contributed by atoms with Gasteiger partial charge in [-0.05, 0) is 30.9 Å². The van der Waals surface area contributed by atoms with Crippen molar-refractivity contribution in [3.63, 3.8) is 0 Å². The molecule has 1 aliphatic carbocycles. The Labute approximate surface area is 120 Å². The van der Waals surface area contributed by atoms with Crippen LogP contribution in [0.1, 0.15) is 66.7 Å². The molecule has 108 valence electrons. The maximum atomic E-state index is 12.9. The van der Waals surface area contributed by atoms with Gasteiger partial charge in [0.2, 0.25) is 0 Å². The smallest absolute Gasteiger partial charge is 0.335 e. The van der Waals surface area contributed by atoms with Gasteiger partial charge in [-0.3, -0.25) is 4.79 Å². The first-order valence-electron chi connectivity index (χ1n) is 7.35. The number of Topliss-reactive ketones (excluding diaryl/α,β-unsaturated/α-hetero) is 1. The molecule has 3 nitrogen and oxygen atoms in total. The van der Waals surface area contributed by atoms with E-state index in [2.05, 4.69) is 13.8 Å². The van der Waals surface area contributed by atoms with Crippen molar-refractivity contribution >= 4 is 11.8 Å². The average Bonchev–Trinajstić information content (AvgIpc) is 2.47. The van der Waals surface area contributed by atoms with Crippen molar-refractivity contribution in [3.05, 3.63) is 35.4 Å². The molecular weight excluding hydrogens is 252 g/mol. The molecule has 0 aliphatic heterocycles. The summed E-state index contributed by atoms with van der Waals surface area (Å²) in [5.74, 6) is -0.459. The number of hydrogen-bond acceptors (Lipinski definition) is 2. The molecule has 0 aromatic heterocycles. The molecule has 0 bridgehead atoms. The SMILES string of the molecule is CC(C)C1(C(=O)c2ccc(C(=O)O)cc2)CCCCC1. The van der Waals surface area contributed by atoms with Crippen LogP contribution in [0.25, 0.3) is 0 Å². The lowest BCUT2D eigenvalue weighted by atomic mass is 9.63. The Kier molecular flexibility index (Phi) is 4.26. The van der Waals surface area contributed by atoms with Crippen molar-refractivity contribution in [1.29, 1.82) is 0 Å². The van der Waals surface area contributed by atoms with Gasteiger partial charge in [-0.25, -0.2) is 4.79 Å². The number of aromatic carboxylic acids is 1. The van der Waals surface area contributed by atoms with E-state index in [-0.39, 0.29) is 16.8 Å². The predicted octanol–water partition coefficient (Wildman–Crippen LogP) is 4.17. The van der Waals surface area contributed by atoms with Crippen molar-refractivity contribution in [2.24, 2.45) is 11.3 Å². The third-order valence-corrected chi connectivity index (χ3v) is 4.70. The minimum Gasteiger partial charge on any atom is -0.478 e. The minimum absolute atomic E-state index is 0.184. The Morgan fingerprint density at radius 3 is 1.95 bits per heavy atom. The Balaban J connectivity index is 2.30. The standard InChI is InChI=1S/C17H22O3/c1-12(2)17(10-4-3-5-11-17)15(18)13-6-8-14(9-7-13)16(19)20/h6-9,12H,3-5,10-11H2,1-2H3,(H,19,20). The molecule has 20 heavy (non-hydrogen) atoms. The van der Waals surface area contributed by atoms with Gasteiger partial charge in [-0.15, -0.1) is 0 Å². The van der Waals surface area contributed by atoms with Gasteiger partial charge in [0.05, 0.1) is 5.56 Å². The van der Waals surface area contributed by atoms with Crippen LogP contribution >= 0.6 is 0 Å². The normalized spacial score (nSPS) is 17.9. The molecule has 0 unspecified atom stereocenters. The topological polar surface area (TPSA) is 54.4 Å². The fourth-order valence-electron chi connectivity index (χ4n) is 3.30. The fraction of sp³-hybridized carbons (Fsp3) is 0.529. The molecule has 1 fully saturated rings. The summed E-state index contributed by atoms with van der Waals surface area (Å²) in [6, 6.07) is 6.36. The molecule has 1 aromatic rings. The highest BCUT2D eigenvalue weighted by Gasteiger charge is 2.42. The van der Waals surface area contributed by atoms with Crippen LogP contribution in [0.15, 0.2) is 24.3 Å². The lowest BCUT2D eigenvalue weighted by molar-refractivity contribution is 0.0583. The maximum Gasteiger partial charge on any atom is 0.335 e. The van der Waals surface area contributed by atoms with Crippen LogP contribution in [-0.2, 0) is 0 Å². The molecule has 1 N–H and O–H groups in total. The molecule has 0 heterocycles. The van der Waals surface area contributed by atoms with E-state index in [1.54, 1.807) is 12.1 Å². The molecule has 0 spiro atoms. The van der Waals surface area contributed by atoms with Gasteiger partial charge in [-0.2, -0.15) is 0 Å². The molecule has 0 radical (unpaired) electrons. The van der Waals surface area contributed by atoms with Crippen LogP contribution in [0.3, 0.4) is 0 Å². The van der Waals surface area contributed by atoms with Crippen LogP contribution in [0.2, 0.25) is 0 Å². The second-order valence-electron chi connectivity index (χ2n) is 6.08. The molecule has 0 saturated heterocycles. The summed E-state index contributed by atoms with van der Waals surface area (Å²) in [6.45, 7) is 4.24. The van der Waals surface area contributed by atoms with E-state index in [9.17, 15) is 9.59 Å². The first-order valence-corrected chi connectivity index (χ1v) is 7.35. The summed E-state index contributed by atoms with van der Waals surface area (Å²) in [6.07, 6.45) is 5.32. The Morgan fingerprint density at radius 1 is 1.00 bits per heavy atom. The molecule has 3 heteroatoms. The number of rotatable bonds is 4. The first-order chi connectivity index (χ1) is 9.47. The van der Waals surface area contributed by atoms with Gasteiger partial charge >= 0.3 is 5.97 Å². The second-order valence-corrected chi connectivity index (χ2v) is 6.08. The number of hydrogen-bond donors (Lipinski definition) is 1. The van der Waals surface area contributed by atoms with E-state index in [1.165, 1.54) is 18.6 Å². The maximum absolute atomic E-state index is 12.9. The summed E-state index contributed by atoms with van der Waals surface area (Å²) in [4.78, 5) is 23.8. The van der Waals surface area contributed by atoms with E-state index in [0.29, 0.717) is 11.5 Å². The zero-order valence-corrected chi connectivity index (χ0v) is 12.2. The fourth-order valence-corrected chi connectivity index (χ4v) is 3.30. The quantitative estimate of drug-likeness (QED) is 0.838. The number of carbonyl (C=O) groups is 2. The van der Waals surface area contributed by atoms with E-state index in [0.717, 1.165) is 25.7 Å². The van der Waals surface area contributed by atoms with Crippen molar-refractivity contribution < 1.29 is 14.7 Å². The van der Waals surface area contributed by atoms with E-state index in [4.69, 9.17) is 5.11 Å². The second kappa shape index (κ2) is 5.78. The van der Waals surface area contributed by atoms with Crippen LogP contribution in [0.4, 0.5) is 0 Å². The van der Waals surface area contributed by atoms with Gasteiger partial charge in [0.1, 0.15) is 0 Å². The zero-order valence-electron chi connectivity index (χ0n) is 12.2. The van der Waals surface area contributed by atoms with Crippen LogP contribution in [0, 0.1) is 11.3 Å². The zero-order chi connectivity index (χ0) is 14.8. The summed E-state index contributed by atoms with van der Waals surface area (Å²) in [7, 11) is 0. The molecule has 0 atom stereocenters. The van der Waals surface area contributed by atoms with Gasteiger partial charge in [0, 0.05) is 11.0 Å². The highest BCUT2D eigenvalue weighted by molar-refractivity contribution is 6.01. The van der Waals surface area contributed by atoms with Crippen LogP contribution < -0.4 is 0 Å².